The summed E-state index contributed by atoms with van der Waals surface area (Å²) < 4.78 is 0. The minimum absolute atomic E-state index is 0.129. The van der Waals surface area contributed by atoms with Crippen molar-refractivity contribution in [1.29, 1.82) is 10.5 Å². The number of fused-ring (bicyclic) bond motifs is 2. The summed E-state index contributed by atoms with van der Waals surface area (Å²) in [6, 6.07) is 3.55. The van der Waals surface area contributed by atoms with Crippen LogP contribution in [0.4, 0.5) is 34.9 Å². The molecule has 0 aliphatic carbocycles. The first-order chi connectivity index (χ1) is 10.7. The zero-order chi connectivity index (χ0) is 15.7. The first-order valence-corrected chi connectivity index (χ1v) is 5.63. The van der Waals surface area contributed by atoms with Crippen molar-refractivity contribution in [2.24, 2.45) is 0 Å². The predicted molar refractivity (Wildman–Crippen MR) is 72.6 cm³/mol. The highest BCUT2D eigenvalue weighted by atomic mass is 15.3. The summed E-state index contributed by atoms with van der Waals surface area (Å²) in [5.41, 5.74) is -0.259. The third kappa shape index (κ3) is 1.78. The average Bonchev–Trinajstić information content (AvgIpc) is 2.57. The lowest BCUT2D eigenvalue weighted by Gasteiger charge is -2.15. The van der Waals surface area contributed by atoms with Crippen LogP contribution in [-0.2, 0) is 0 Å². The van der Waals surface area contributed by atoms with Crippen LogP contribution in [0, 0.1) is 35.8 Å². The number of anilines is 4. The van der Waals surface area contributed by atoms with Crippen LogP contribution < -0.4 is 10.6 Å². The molecule has 0 fully saturated rings. The van der Waals surface area contributed by atoms with Crippen LogP contribution in [0.5, 0.6) is 0 Å². The summed E-state index contributed by atoms with van der Waals surface area (Å²) in [7, 11) is 0. The average molecular weight is 286 g/mol. The fraction of sp³-hybridized carbons (Fsp3) is 0. The van der Waals surface area contributed by atoms with E-state index < -0.39 is 0 Å². The van der Waals surface area contributed by atoms with Gasteiger partial charge in [-0.25, -0.2) is 9.97 Å². The molecular formula is C12H2N10. The number of hydrogen-bond donors (Lipinski definition) is 2. The van der Waals surface area contributed by atoms with Crippen LogP contribution in [-0.4, -0.2) is 19.9 Å². The molecule has 2 aromatic heterocycles. The van der Waals surface area contributed by atoms with Gasteiger partial charge in [-0.15, -0.1) is 9.97 Å². The second kappa shape index (κ2) is 4.68. The van der Waals surface area contributed by atoms with Crippen molar-refractivity contribution < 1.29 is 0 Å². The van der Waals surface area contributed by atoms with E-state index in [2.05, 4.69) is 40.3 Å². The molecule has 3 rings (SSSR count). The van der Waals surface area contributed by atoms with E-state index in [0.29, 0.717) is 0 Å². The van der Waals surface area contributed by atoms with Crippen LogP contribution in [0.2, 0.25) is 0 Å². The molecular weight excluding hydrogens is 284 g/mol. The molecule has 0 amide bonds. The Kier molecular flexibility index (Phi) is 2.71. The molecule has 2 N–H and O–H groups in total. The van der Waals surface area contributed by atoms with Crippen molar-refractivity contribution in [2.75, 3.05) is 10.6 Å². The Morgan fingerprint density at radius 3 is 1.41 bits per heavy atom. The third-order valence-corrected chi connectivity index (χ3v) is 2.65. The smallest absolute Gasteiger partial charge is 0.295 e. The van der Waals surface area contributed by atoms with Crippen molar-refractivity contribution in [3.63, 3.8) is 0 Å². The molecule has 1 aliphatic heterocycles. The van der Waals surface area contributed by atoms with Gasteiger partial charge in [-0.2, -0.15) is 10.5 Å². The van der Waals surface area contributed by atoms with E-state index in [1.807, 2.05) is 0 Å². The van der Waals surface area contributed by atoms with Crippen molar-refractivity contribution in [1.82, 2.24) is 19.9 Å². The van der Waals surface area contributed by atoms with Gasteiger partial charge in [0.2, 0.25) is 0 Å². The van der Waals surface area contributed by atoms with Crippen LogP contribution in [0.15, 0.2) is 0 Å². The molecule has 0 saturated heterocycles. The fourth-order valence-corrected chi connectivity index (χ4v) is 1.73. The maximum atomic E-state index is 8.94. The third-order valence-electron chi connectivity index (χ3n) is 2.65. The van der Waals surface area contributed by atoms with Crippen molar-refractivity contribution >= 4 is 34.9 Å². The van der Waals surface area contributed by atoms with Crippen LogP contribution in [0.1, 0.15) is 11.4 Å². The number of aromatic nitrogens is 4. The maximum absolute atomic E-state index is 8.94. The van der Waals surface area contributed by atoms with Gasteiger partial charge < -0.3 is 9.69 Å². The van der Waals surface area contributed by atoms with Gasteiger partial charge in [0.15, 0.2) is 23.0 Å². The molecule has 22 heavy (non-hydrogen) atoms. The van der Waals surface area contributed by atoms with E-state index >= 15 is 0 Å². The van der Waals surface area contributed by atoms with Gasteiger partial charge in [-0.1, -0.05) is 13.1 Å². The van der Waals surface area contributed by atoms with Gasteiger partial charge in [-0.05, 0) is 0 Å². The minimum Gasteiger partial charge on any atom is -0.370 e. The SMILES string of the molecule is [C-]#[N+]c1nc2c(nc1[N+]#[C-])Nc1nc(C#N)c(C#N)nc1N2. The number of nitriles is 2. The van der Waals surface area contributed by atoms with Gasteiger partial charge in [0.1, 0.15) is 12.1 Å². The van der Waals surface area contributed by atoms with E-state index in [4.69, 9.17) is 23.7 Å². The molecule has 0 radical (unpaired) electrons. The molecule has 0 unspecified atom stereocenters. The molecule has 0 saturated carbocycles. The highest BCUT2D eigenvalue weighted by molar-refractivity contribution is 5.85. The van der Waals surface area contributed by atoms with Crippen LogP contribution >= 0.6 is 0 Å². The Bertz CT molecular complexity index is 820. The van der Waals surface area contributed by atoms with E-state index in [1.165, 1.54) is 0 Å². The van der Waals surface area contributed by atoms with Gasteiger partial charge >= 0.3 is 0 Å². The number of nitrogens with zero attached hydrogens (tertiary/aromatic N) is 8. The lowest BCUT2D eigenvalue weighted by atomic mass is 10.3. The molecule has 1 aliphatic rings. The lowest BCUT2D eigenvalue weighted by molar-refractivity contribution is 1.09. The molecule has 0 bridgehead atoms. The summed E-state index contributed by atoms with van der Waals surface area (Å²) in [6.07, 6.45) is 0. The lowest BCUT2D eigenvalue weighted by Crippen LogP contribution is -2.14. The molecule has 100 valence electrons. The first-order valence-electron chi connectivity index (χ1n) is 5.63. The van der Waals surface area contributed by atoms with Crippen molar-refractivity contribution in [3.8, 4) is 12.1 Å². The van der Waals surface area contributed by atoms with E-state index in [9.17, 15) is 0 Å². The molecule has 2 aromatic rings. The molecule has 10 heteroatoms. The normalized spacial score (nSPS) is 10.4. The molecule has 0 atom stereocenters. The van der Waals surface area contributed by atoms with Gasteiger partial charge in [0, 0.05) is 0 Å². The van der Waals surface area contributed by atoms with Crippen LogP contribution in [0.3, 0.4) is 0 Å². The Labute approximate surface area is 123 Å². The highest BCUT2D eigenvalue weighted by Crippen LogP contribution is 2.38. The first kappa shape index (κ1) is 12.7. The van der Waals surface area contributed by atoms with E-state index in [-0.39, 0.29) is 46.3 Å². The van der Waals surface area contributed by atoms with Crippen molar-refractivity contribution in [2.45, 2.75) is 0 Å². The zero-order valence-corrected chi connectivity index (χ0v) is 10.6. The fourth-order valence-electron chi connectivity index (χ4n) is 1.73. The Hall–Kier alpha value is -4.28. The predicted octanol–water partition coefficient (Wildman–Crippen LogP) is 1.91. The Morgan fingerprint density at radius 2 is 1.09 bits per heavy atom. The standard InChI is InChI=1S/C12H2N10/c1-15-7-8(16-2)20-12-11(19-7)21-9-10(22-12)18-6(4-14)5(3-13)17-9/h(H,17,19,21)(H,18,20,22). The number of hydrogen-bond acceptors (Lipinski definition) is 8. The Balaban J connectivity index is 2.16. The Morgan fingerprint density at radius 1 is 0.727 bits per heavy atom. The summed E-state index contributed by atoms with van der Waals surface area (Å²) in [5.74, 6) is 0.456. The quantitative estimate of drug-likeness (QED) is 0.599. The molecule has 10 nitrogen and oxygen atoms in total. The van der Waals surface area contributed by atoms with Crippen LogP contribution in [0.25, 0.3) is 9.69 Å². The highest BCUT2D eigenvalue weighted by Gasteiger charge is 2.28. The maximum Gasteiger partial charge on any atom is 0.295 e. The summed E-state index contributed by atoms with van der Waals surface area (Å²) in [5, 5.41) is 23.4. The monoisotopic (exact) mass is 286 g/mol. The minimum atomic E-state index is -0.145. The number of rotatable bonds is 0. The topological polar surface area (TPSA) is 132 Å². The zero-order valence-electron chi connectivity index (χ0n) is 10.6. The van der Waals surface area contributed by atoms with E-state index in [1.54, 1.807) is 12.1 Å². The van der Waals surface area contributed by atoms with Gasteiger partial charge in [-0.3, -0.25) is 10.6 Å². The number of nitrogens with one attached hydrogen (secondary N) is 2. The summed E-state index contributed by atoms with van der Waals surface area (Å²) in [6.45, 7) is 14.0. The second-order valence-electron chi connectivity index (χ2n) is 3.88. The largest absolute Gasteiger partial charge is 0.370 e. The molecule has 3 heterocycles. The van der Waals surface area contributed by atoms with E-state index in [0.717, 1.165) is 0 Å². The summed E-state index contributed by atoms with van der Waals surface area (Å²) >= 11 is 0. The van der Waals surface area contributed by atoms with Gasteiger partial charge in [0.05, 0.1) is 0 Å². The molecule has 0 spiro atoms. The molecule has 0 aromatic carbocycles. The summed E-state index contributed by atoms with van der Waals surface area (Å²) in [4.78, 5) is 22.2. The second-order valence-corrected chi connectivity index (χ2v) is 3.88. The van der Waals surface area contributed by atoms with Crippen molar-refractivity contribution in [3.05, 3.63) is 34.2 Å². The van der Waals surface area contributed by atoms with Gasteiger partial charge in [0.25, 0.3) is 23.3 Å².